The number of rotatable bonds is 4. The summed E-state index contributed by atoms with van der Waals surface area (Å²) in [6.45, 7) is 12.1. The van der Waals surface area contributed by atoms with E-state index in [4.69, 9.17) is 14.0 Å². The van der Waals surface area contributed by atoms with Crippen molar-refractivity contribution in [1.29, 1.82) is 0 Å². The van der Waals surface area contributed by atoms with E-state index in [0.29, 0.717) is 6.61 Å². The van der Waals surface area contributed by atoms with Crippen molar-refractivity contribution in [2.75, 3.05) is 19.7 Å². The minimum atomic E-state index is -0.346. The van der Waals surface area contributed by atoms with E-state index in [9.17, 15) is 4.79 Å². The van der Waals surface area contributed by atoms with Crippen LogP contribution >= 0.6 is 0 Å². The molecule has 2 heterocycles. The molecule has 5 nitrogen and oxygen atoms in total. The van der Waals surface area contributed by atoms with Crippen molar-refractivity contribution in [3.63, 3.8) is 0 Å². The topological polar surface area (TPSA) is 48.0 Å². The largest absolute Gasteiger partial charge is 0.486 e. The van der Waals surface area contributed by atoms with E-state index in [1.165, 1.54) is 0 Å². The minimum Gasteiger partial charge on any atom is -0.449 e. The van der Waals surface area contributed by atoms with Crippen LogP contribution in [0.5, 0.6) is 0 Å². The summed E-state index contributed by atoms with van der Waals surface area (Å²) in [5.74, 6) is 2.04. The Morgan fingerprint density at radius 2 is 1.77 bits per heavy atom. The summed E-state index contributed by atoms with van der Waals surface area (Å²) in [4.78, 5) is 13.6. The van der Waals surface area contributed by atoms with E-state index < -0.39 is 0 Å². The van der Waals surface area contributed by atoms with Gasteiger partial charge in [0.25, 0.3) is 0 Å². The van der Waals surface area contributed by atoms with Gasteiger partial charge in [0.05, 0.1) is 17.8 Å². The molecule has 1 amide bonds. The fourth-order valence-corrected chi connectivity index (χ4v) is 2.50. The molecule has 0 aromatic carbocycles. The summed E-state index contributed by atoms with van der Waals surface area (Å²) in [7, 11) is -0.346. The van der Waals surface area contributed by atoms with Crippen LogP contribution in [0, 0.1) is 5.92 Å². The molecule has 0 aliphatic carbocycles. The Hall–Kier alpha value is -1.01. The Morgan fingerprint density at radius 3 is 2.32 bits per heavy atom. The molecule has 2 saturated heterocycles. The first kappa shape index (κ1) is 17.4. The van der Waals surface area contributed by atoms with Crippen LogP contribution in [-0.4, -0.2) is 49.0 Å². The van der Waals surface area contributed by atoms with Crippen LogP contribution in [0.3, 0.4) is 0 Å². The van der Waals surface area contributed by atoms with Gasteiger partial charge in [-0.3, -0.25) is 0 Å². The lowest BCUT2D eigenvalue weighted by Crippen LogP contribution is -2.41. The van der Waals surface area contributed by atoms with E-state index in [1.807, 2.05) is 46.7 Å². The summed E-state index contributed by atoms with van der Waals surface area (Å²) in [5, 5.41) is 0. The zero-order chi connectivity index (χ0) is 16.4. The normalized spacial score (nSPS) is 25.0. The highest BCUT2D eigenvalue weighted by atomic mass is 16.7. The highest BCUT2D eigenvalue weighted by Crippen LogP contribution is 2.36. The Balaban J connectivity index is 1.75. The van der Waals surface area contributed by atoms with Gasteiger partial charge in [-0.05, 0) is 40.5 Å². The van der Waals surface area contributed by atoms with Gasteiger partial charge in [0.1, 0.15) is 0 Å². The standard InChI is InChI=1S/C16H28BNO4/c1-13(12-20-14(19)18-10-6-7-11-18)8-9-17-21-15(2,3)16(4,5)22-17/h8-9,13H,6-7,10-12H2,1-5H3/b9-8+/t13-/m1/s1. The van der Waals surface area contributed by atoms with Gasteiger partial charge in [-0.15, -0.1) is 0 Å². The maximum Gasteiger partial charge on any atom is 0.486 e. The number of carbonyl (C=O) groups is 1. The van der Waals surface area contributed by atoms with Crippen LogP contribution in [-0.2, 0) is 14.0 Å². The molecule has 2 aliphatic rings. The molecule has 2 aliphatic heterocycles. The maximum atomic E-state index is 11.8. The summed E-state index contributed by atoms with van der Waals surface area (Å²) < 4.78 is 17.1. The first-order valence-corrected chi connectivity index (χ1v) is 8.17. The predicted molar refractivity (Wildman–Crippen MR) is 86.5 cm³/mol. The number of ether oxygens (including phenoxy) is 1. The van der Waals surface area contributed by atoms with E-state index >= 15 is 0 Å². The van der Waals surface area contributed by atoms with Crippen molar-refractivity contribution in [2.24, 2.45) is 5.92 Å². The summed E-state index contributed by atoms with van der Waals surface area (Å²) in [6, 6.07) is 0. The number of likely N-dealkylation sites (tertiary alicyclic amines) is 1. The molecular weight excluding hydrogens is 281 g/mol. The van der Waals surface area contributed by atoms with Crippen molar-refractivity contribution in [3.8, 4) is 0 Å². The van der Waals surface area contributed by atoms with Crippen LogP contribution in [0.1, 0.15) is 47.5 Å². The molecule has 1 atom stereocenters. The van der Waals surface area contributed by atoms with Crippen LogP contribution in [0.2, 0.25) is 0 Å². The van der Waals surface area contributed by atoms with Gasteiger partial charge >= 0.3 is 13.2 Å². The Morgan fingerprint density at radius 1 is 1.23 bits per heavy atom. The van der Waals surface area contributed by atoms with Crippen molar-refractivity contribution < 1.29 is 18.8 Å². The number of hydrogen-bond acceptors (Lipinski definition) is 4. The van der Waals surface area contributed by atoms with Crippen LogP contribution in [0.25, 0.3) is 0 Å². The lowest BCUT2D eigenvalue weighted by Gasteiger charge is -2.32. The molecule has 0 aromatic heterocycles. The lowest BCUT2D eigenvalue weighted by molar-refractivity contribution is 0.00578. The molecule has 6 heteroatoms. The van der Waals surface area contributed by atoms with Crippen LogP contribution < -0.4 is 0 Å². The summed E-state index contributed by atoms with van der Waals surface area (Å²) >= 11 is 0. The Kier molecular flexibility index (Phi) is 5.23. The van der Waals surface area contributed by atoms with Crippen LogP contribution in [0.15, 0.2) is 12.1 Å². The second-order valence-corrected chi connectivity index (χ2v) is 7.26. The molecule has 0 N–H and O–H groups in total. The van der Waals surface area contributed by atoms with Gasteiger partial charge in [0.2, 0.25) is 0 Å². The smallest absolute Gasteiger partial charge is 0.449 e. The number of carbonyl (C=O) groups excluding carboxylic acids is 1. The molecule has 2 rings (SSSR count). The molecule has 0 spiro atoms. The van der Waals surface area contributed by atoms with Crippen molar-refractivity contribution >= 4 is 13.2 Å². The van der Waals surface area contributed by atoms with Crippen molar-refractivity contribution in [3.05, 3.63) is 12.1 Å². The second kappa shape index (κ2) is 6.63. The average Bonchev–Trinajstić information content (AvgIpc) is 3.01. The van der Waals surface area contributed by atoms with E-state index in [0.717, 1.165) is 25.9 Å². The Labute approximate surface area is 134 Å². The number of nitrogens with zero attached hydrogens (tertiary/aromatic N) is 1. The minimum absolute atomic E-state index is 0.130. The van der Waals surface area contributed by atoms with Crippen molar-refractivity contribution in [1.82, 2.24) is 4.90 Å². The summed E-state index contributed by atoms with van der Waals surface area (Å²) in [5.41, 5.74) is -0.652. The van der Waals surface area contributed by atoms with Crippen LogP contribution in [0.4, 0.5) is 4.79 Å². The van der Waals surface area contributed by atoms with Gasteiger partial charge in [0.15, 0.2) is 0 Å². The molecule has 0 radical (unpaired) electrons. The molecule has 22 heavy (non-hydrogen) atoms. The van der Waals surface area contributed by atoms with E-state index in [2.05, 4.69) is 0 Å². The molecule has 0 aromatic rings. The van der Waals surface area contributed by atoms with Gasteiger partial charge in [-0.25, -0.2) is 4.79 Å². The predicted octanol–water partition coefficient (Wildman–Crippen LogP) is 3.04. The van der Waals surface area contributed by atoms with Gasteiger partial charge in [0, 0.05) is 19.0 Å². The average molecular weight is 309 g/mol. The third-order valence-electron chi connectivity index (χ3n) is 4.70. The number of amides is 1. The Bertz CT molecular complexity index is 414. The SMILES string of the molecule is C[C@H](/C=C/B1OC(C)(C)C(C)(C)O1)COC(=O)N1CCCC1. The summed E-state index contributed by atoms with van der Waals surface area (Å²) in [6.07, 6.45) is 3.94. The van der Waals surface area contributed by atoms with E-state index in [-0.39, 0.29) is 30.3 Å². The zero-order valence-electron chi connectivity index (χ0n) is 14.4. The van der Waals surface area contributed by atoms with Gasteiger partial charge in [-0.1, -0.05) is 19.0 Å². The van der Waals surface area contributed by atoms with Crippen molar-refractivity contribution in [2.45, 2.75) is 58.7 Å². The zero-order valence-corrected chi connectivity index (χ0v) is 14.4. The fraction of sp³-hybridized carbons (Fsp3) is 0.812. The highest BCUT2D eigenvalue weighted by molar-refractivity contribution is 6.51. The maximum absolute atomic E-state index is 11.8. The second-order valence-electron chi connectivity index (χ2n) is 7.26. The number of hydrogen-bond donors (Lipinski definition) is 0. The third-order valence-corrected chi connectivity index (χ3v) is 4.70. The molecule has 124 valence electrons. The third kappa shape index (κ3) is 4.05. The van der Waals surface area contributed by atoms with E-state index in [1.54, 1.807) is 4.90 Å². The molecule has 0 bridgehead atoms. The first-order valence-electron chi connectivity index (χ1n) is 8.17. The highest BCUT2D eigenvalue weighted by Gasteiger charge is 2.50. The fourth-order valence-electron chi connectivity index (χ4n) is 2.50. The molecule has 2 fully saturated rings. The first-order chi connectivity index (χ1) is 10.2. The molecular formula is C16H28BNO4. The quantitative estimate of drug-likeness (QED) is 0.749. The van der Waals surface area contributed by atoms with Gasteiger partial charge < -0.3 is 18.9 Å². The van der Waals surface area contributed by atoms with Gasteiger partial charge in [-0.2, -0.15) is 0 Å². The monoisotopic (exact) mass is 309 g/mol. The molecule has 0 unspecified atom stereocenters. The lowest BCUT2D eigenvalue weighted by atomic mass is 9.88. The molecule has 0 saturated carbocycles.